The Morgan fingerprint density at radius 3 is 2.59 bits per heavy atom. The van der Waals surface area contributed by atoms with Crippen molar-refractivity contribution in [3.05, 3.63) is 29.8 Å². The van der Waals surface area contributed by atoms with Gasteiger partial charge in [-0.05, 0) is 49.3 Å². The van der Waals surface area contributed by atoms with Gasteiger partial charge in [0.25, 0.3) is 0 Å². The molecule has 0 radical (unpaired) electrons. The molecule has 1 atom stereocenters. The first-order chi connectivity index (χ1) is 7.92. The highest BCUT2D eigenvalue weighted by Crippen LogP contribution is 2.27. The van der Waals surface area contributed by atoms with E-state index in [4.69, 9.17) is 0 Å². The highest BCUT2D eigenvalue weighted by atomic mass is 32.2. The third kappa shape index (κ3) is 5.60. The molecule has 0 bridgehead atoms. The second kappa shape index (κ2) is 6.46. The minimum atomic E-state index is 0.429. The fraction of sp³-hybridized carbons (Fsp3) is 0.600. The Morgan fingerprint density at radius 2 is 2.00 bits per heavy atom. The molecule has 0 aliphatic heterocycles. The first-order valence-electron chi connectivity index (χ1n) is 6.32. The molecular weight excluding hydrogens is 226 g/mol. The van der Waals surface area contributed by atoms with Crippen LogP contribution >= 0.6 is 11.8 Å². The molecule has 0 fully saturated rings. The summed E-state index contributed by atoms with van der Waals surface area (Å²) in [6.07, 6.45) is 1.25. The fourth-order valence-electron chi connectivity index (χ4n) is 1.52. The summed E-state index contributed by atoms with van der Waals surface area (Å²) in [5.41, 5.74) is 1.80. The molecule has 1 unspecified atom stereocenters. The van der Waals surface area contributed by atoms with E-state index in [2.05, 4.69) is 57.3 Å². The highest BCUT2D eigenvalue weighted by Gasteiger charge is 2.10. The van der Waals surface area contributed by atoms with Gasteiger partial charge in [-0.25, -0.2) is 0 Å². The van der Waals surface area contributed by atoms with E-state index < -0.39 is 0 Å². The van der Waals surface area contributed by atoms with Crippen LogP contribution in [0.15, 0.2) is 29.2 Å². The van der Waals surface area contributed by atoms with Crippen LogP contribution < -0.4 is 5.32 Å². The van der Waals surface area contributed by atoms with E-state index in [-0.39, 0.29) is 0 Å². The third-order valence-electron chi connectivity index (χ3n) is 2.91. The zero-order chi connectivity index (χ0) is 12.9. The Labute approximate surface area is 110 Å². The SMILES string of the molecule is CNC(C)c1cccc(SCCC(C)(C)C)c1. The van der Waals surface area contributed by atoms with E-state index in [9.17, 15) is 0 Å². The monoisotopic (exact) mass is 251 g/mol. The van der Waals surface area contributed by atoms with Crippen LogP contribution in [0.2, 0.25) is 0 Å². The fourth-order valence-corrected chi connectivity index (χ4v) is 2.86. The van der Waals surface area contributed by atoms with E-state index in [0.29, 0.717) is 11.5 Å². The molecule has 0 aromatic heterocycles. The van der Waals surface area contributed by atoms with Gasteiger partial charge in [0.05, 0.1) is 0 Å². The van der Waals surface area contributed by atoms with Crippen LogP contribution in [0.1, 0.15) is 45.7 Å². The van der Waals surface area contributed by atoms with Gasteiger partial charge in [0.2, 0.25) is 0 Å². The van der Waals surface area contributed by atoms with E-state index in [0.717, 1.165) is 0 Å². The highest BCUT2D eigenvalue weighted by molar-refractivity contribution is 7.99. The second-order valence-electron chi connectivity index (χ2n) is 5.74. The molecule has 1 aromatic rings. The molecule has 0 aliphatic rings. The Balaban J connectivity index is 2.54. The van der Waals surface area contributed by atoms with E-state index in [1.807, 2.05) is 18.8 Å². The molecule has 1 aromatic carbocycles. The minimum Gasteiger partial charge on any atom is -0.313 e. The van der Waals surface area contributed by atoms with Gasteiger partial charge < -0.3 is 5.32 Å². The molecular formula is C15H25NS. The third-order valence-corrected chi connectivity index (χ3v) is 3.91. The van der Waals surface area contributed by atoms with Crippen molar-refractivity contribution in [3.8, 4) is 0 Å². The Bertz CT molecular complexity index is 341. The molecule has 1 nitrogen and oxygen atoms in total. The molecule has 96 valence electrons. The topological polar surface area (TPSA) is 12.0 Å². The predicted molar refractivity (Wildman–Crippen MR) is 78.7 cm³/mol. The molecule has 17 heavy (non-hydrogen) atoms. The van der Waals surface area contributed by atoms with Crippen molar-refractivity contribution < 1.29 is 0 Å². The lowest BCUT2D eigenvalue weighted by molar-refractivity contribution is 0.401. The van der Waals surface area contributed by atoms with Crippen molar-refractivity contribution in [3.63, 3.8) is 0 Å². The average Bonchev–Trinajstić information content (AvgIpc) is 2.27. The zero-order valence-corrected chi connectivity index (χ0v) is 12.5. The number of nitrogens with one attached hydrogen (secondary N) is 1. The zero-order valence-electron chi connectivity index (χ0n) is 11.7. The maximum Gasteiger partial charge on any atom is 0.0289 e. The normalized spacial score (nSPS) is 13.7. The van der Waals surface area contributed by atoms with Crippen LogP contribution in [-0.2, 0) is 0 Å². The van der Waals surface area contributed by atoms with Crippen molar-refractivity contribution in [2.24, 2.45) is 5.41 Å². The summed E-state index contributed by atoms with van der Waals surface area (Å²) in [6, 6.07) is 9.28. The summed E-state index contributed by atoms with van der Waals surface area (Å²) in [5, 5.41) is 3.28. The first-order valence-corrected chi connectivity index (χ1v) is 7.31. The molecule has 2 heteroatoms. The van der Waals surface area contributed by atoms with Gasteiger partial charge >= 0.3 is 0 Å². The molecule has 0 amide bonds. The summed E-state index contributed by atoms with van der Waals surface area (Å²) in [5.74, 6) is 1.20. The van der Waals surface area contributed by atoms with E-state index in [1.165, 1.54) is 22.6 Å². The quantitative estimate of drug-likeness (QED) is 0.774. The van der Waals surface area contributed by atoms with Crippen LogP contribution in [0.25, 0.3) is 0 Å². The van der Waals surface area contributed by atoms with Crippen molar-refractivity contribution >= 4 is 11.8 Å². The molecule has 0 heterocycles. The van der Waals surface area contributed by atoms with Crippen LogP contribution in [0.5, 0.6) is 0 Å². The van der Waals surface area contributed by atoms with Crippen molar-refractivity contribution in [1.29, 1.82) is 0 Å². The van der Waals surface area contributed by atoms with E-state index >= 15 is 0 Å². The first kappa shape index (κ1) is 14.6. The van der Waals surface area contributed by atoms with Crippen LogP contribution in [-0.4, -0.2) is 12.8 Å². The Kier molecular flexibility index (Phi) is 5.54. The molecule has 0 saturated carbocycles. The lowest BCUT2D eigenvalue weighted by atomic mass is 9.94. The van der Waals surface area contributed by atoms with Gasteiger partial charge in [0, 0.05) is 10.9 Å². The number of benzene rings is 1. The van der Waals surface area contributed by atoms with E-state index in [1.54, 1.807) is 0 Å². The van der Waals surface area contributed by atoms with Crippen LogP contribution in [0.4, 0.5) is 0 Å². The van der Waals surface area contributed by atoms with Crippen molar-refractivity contribution in [2.75, 3.05) is 12.8 Å². The maximum atomic E-state index is 3.28. The van der Waals surface area contributed by atoms with Gasteiger partial charge in [-0.15, -0.1) is 11.8 Å². The standard InChI is InChI=1S/C15H25NS/c1-12(16-5)13-7-6-8-14(11-13)17-10-9-15(2,3)4/h6-8,11-12,16H,9-10H2,1-5H3. The molecule has 0 aliphatic carbocycles. The number of rotatable bonds is 5. The Hall–Kier alpha value is -0.470. The molecule has 1 rings (SSSR count). The van der Waals surface area contributed by atoms with Crippen LogP contribution in [0.3, 0.4) is 0 Å². The average molecular weight is 251 g/mol. The van der Waals surface area contributed by atoms with Gasteiger partial charge in [-0.1, -0.05) is 32.9 Å². The van der Waals surface area contributed by atoms with Crippen LogP contribution in [0, 0.1) is 5.41 Å². The minimum absolute atomic E-state index is 0.429. The lowest BCUT2D eigenvalue weighted by Gasteiger charge is -2.17. The summed E-state index contributed by atoms with van der Waals surface area (Å²) in [6.45, 7) is 9.09. The van der Waals surface area contributed by atoms with Crippen molar-refractivity contribution in [2.45, 2.75) is 45.1 Å². The van der Waals surface area contributed by atoms with Crippen molar-refractivity contribution in [1.82, 2.24) is 5.32 Å². The summed E-state index contributed by atoms with van der Waals surface area (Å²) < 4.78 is 0. The smallest absolute Gasteiger partial charge is 0.0289 e. The Morgan fingerprint density at radius 1 is 1.29 bits per heavy atom. The number of hydrogen-bond donors (Lipinski definition) is 1. The number of hydrogen-bond acceptors (Lipinski definition) is 2. The largest absolute Gasteiger partial charge is 0.313 e. The molecule has 0 spiro atoms. The van der Waals surface area contributed by atoms with Gasteiger partial charge in [-0.2, -0.15) is 0 Å². The lowest BCUT2D eigenvalue weighted by Crippen LogP contribution is -2.12. The molecule has 1 N–H and O–H groups in total. The van der Waals surface area contributed by atoms with Gasteiger partial charge in [-0.3, -0.25) is 0 Å². The maximum absolute atomic E-state index is 3.28. The second-order valence-corrected chi connectivity index (χ2v) is 6.91. The molecule has 0 saturated heterocycles. The summed E-state index contributed by atoms with van der Waals surface area (Å²) in [4.78, 5) is 1.38. The predicted octanol–water partition coefficient (Wildman–Crippen LogP) is 4.50. The van der Waals surface area contributed by atoms with Gasteiger partial charge in [0.1, 0.15) is 0 Å². The number of thioether (sulfide) groups is 1. The summed E-state index contributed by atoms with van der Waals surface area (Å²) >= 11 is 1.96. The van der Waals surface area contributed by atoms with Gasteiger partial charge in [0.15, 0.2) is 0 Å². The summed E-state index contributed by atoms with van der Waals surface area (Å²) in [7, 11) is 2.00.